The second-order valence-electron chi connectivity index (χ2n) is 5.56. The number of hydrogen-bond acceptors (Lipinski definition) is 2. The van der Waals surface area contributed by atoms with Gasteiger partial charge in [-0.15, -0.1) is 0 Å². The zero-order valence-electron chi connectivity index (χ0n) is 12.8. The molecule has 22 heavy (non-hydrogen) atoms. The topological polar surface area (TPSA) is 18.5 Å². The van der Waals surface area contributed by atoms with E-state index in [1.54, 1.807) is 0 Å². The summed E-state index contributed by atoms with van der Waals surface area (Å²) in [5.74, 6) is 0.881. The first-order valence-electron chi connectivity index (χ1n) is 7.72. The van der Waals surface area contributed by atoms with Crippen molar-refractivity contribution in [3.05, 3.63) is 54.6 Å². The molecule has 0 saturated heterocycles. The molecule has 0 saturated carbocycles. The number of rotatable bonds is 4. The van der Waals surface area contributed by atoms with Crippen molar-refractivity contribution in [1.29, 1.82) is 0 Å². The highest BCUT2D eigenvalue weighted by molar-refractivity contribution is 6.24. The van der Waals surface area contributed by atoms with Crippen molar-refractivity contribution in [3.8, 4) is 5.75 Å². The maximum absolute atomic E-state index is 5.99. The SMILES string of the molecule is CCOC(C)Oc1ccc2ccc3cccc4ccc1c2c34. The van der Waals surface area contributed by atoms with Crippen molar-refractivity contribution in [2.24, 2.45) is 0 Å². The van der Waals surface area contributed by atoms with Gasteiger partial charge in [0.25, 0.3) is 0 Å². The first kappa shape index (κ1) is 13.4. The van der Waals surface area contributed by atoms with Crippen LogP contribution in [0.1, 0.15) is 13.8 Å². The highest BCUT2D eigenvalue weighted by Gasteiger charge is 2.12. The Hall–Kier alpha value is -2.32. The second-order valence-corrected chi connectivity index (χ2v) is 5.56. The molecule has 0 aromatic heterocycles. The monoisotopic (exact) mass is 290 g/mol. The molecular weight excluding hydrogens is 272 g/mol. The largest absolute Gasteiger partial charge is 0.465 e. The van der Waals surface area contributed by atoms with E-state index in [4.69, 9.17) is 9.47 Å². The van der Waals surface area contributed by atoms with Crippen LogP contribution < -0.4 is 4.74 Å². The summed E-state index contributed by atoms with van der Waals surface area (Å²) in [4.78, 5) is 0. The summed E-state index contributed by atoms with van der Waals surface area (Å²) in [6, 6.07) is 19.3. The van der Waals surface area contributed by atoms with Crippen LogP contribution in [0.3, 0.4) is 0 Å². The van der Waals surface area contributed by atoms with Gasteiger partial charge in [0.05, 0.1) is 0 Å². The van der Waals surface area contributed by atoms with Gasteiger partial charge in [-0.3, -0.25) is 0 Å². The highest BCUT2D eigenvalue weighted by Crippen LogP contribution is 2.38. The fraction of sp³-hybridized carbons (Fsp3) is 0.200. The van der Waals surface area contributed by atoms with Gasteiger partial charge < -0.3 is 9.47 Å². The standard InChI is InChI=1S/C20H18O2/c1-3-21-13(2)22-18-12-10-16-8-7-14-5-4-6-15-9-11-17(18)20(16)19(14)15/h4-13H,3H2,1-2H3. The van der Waals surface area contributed by atoms with Gasteiger partial charge in [-0.25, -0.2) is 0 Å². The van der Waals surface area contributed by atoms with Crippen LogP contribution in [0.2, 0.25) is 0 Å². The third-order valence-corrected chi connectivity index (χ3v) is 4.18. The van der Waals surface area contributed by atoms with Gasteiger partial charge in [0, 0.05) is 17.4 Å². The summed E-state index contributed by atoms with van der Waals surface area (Å²) in [6.45, 7) is 4.55. The fourth-order valence-corrected chi connectivity index (χ4v) is 3.26. The van der Waals surface area contributed by atoms with Crippen LogP contribution in [0.4, 0.5) is 0 Å². The molecular formula is C20H18O2. The second kappa shape index (κ2) is 5.15. The minimum absolute atomic E-state index is 0.247. The summed E-state index contributed by atoms with van der Waals surface area (Å²) in [6.07, 6.45) is -0.247. The normalized spacial score (nSPS) is 13.2. The average molecular weight is 290 g/mol. The van der Waals surface area contributed by atoms with E-state index in [0.29, 0.717) is 6.61 Å². The van der Waals surface area contributed by atoms with Crippen molar-refractivity contribution < 1.29 is 9.47 Å². The molecule has 2 heteroatoms. The summed E-state index contributed by atoms with van der Waals surface area (Å²) in [5.41, 5.74) is 0. The van der Waals surface area contributed by atoms with Crippen LogP contribution in [0, 0.1) is 0 Å². The Morgan fingerprint density at radius 3 is 2.18 bits per heavy atom. The molecule has 0 N–H and O–H groups in total. The van der Waals surface area contributed by atoms with Gasteiger partial charge in [-0.05, 0) is 47.5 Å². The van der Waals surface area contributed by atoms with Gasteiger partial charge in [-0.2, -0.15) is 0 Å². The molecule has 0 aliphatic carbocycles. The van der Waals surface area contributed by atoms with Crippen molar-refractivity contribution in [2.75, 3.05) is 6.61 Å². The van der Waals surface area contributed by atoms with E-state index in [-0.39, 0.29) is 6.29 Å². The lowest BCUT2D eigenvalue weighted by molar-refractivity contribution is -0.0604. The Kier molecular flexibility index (Phi) is 3.12. The molecule has 1 atom stereocenters. The molecule has 4 rings (SSSR count). The predicted molar refractivity (Wildman–Crippen MR) is 91.9 cm³/mol. The molecule has 0 aliphatic heterocycles. The Morgan fingerprint density at radius 2 is 1.45 bits per heavy atom. The highest BCUT2D eigenvalue weighted by atomic mass is 16.7. The van der Waals surface area contributed by atoms with E-state index in [1.807, 2.05) is 19.9 Å². The molecule has 0 spiro atoms. The molecule has 0 aliphatic rings. The van der Waals surface area contributed by atoms with Crippen LogP contribution >= 0.6 is 0 Å². The molecule has 0 amide bonds. The van der Waals surface area contributed by atoms with Crippen LogP contribution in [0.25, 0.3) is 32.3 Å². The molecule has 0 radical (unpaired) electrons. The molecule has 1 unspecified atom stereocenters. The summed E-state index contributed by atoms with van der Waals surface area (Å²) in [7, 11) is 0. The number of hydrogen-bond donors (Lipinski definition) is 0. The third kappa shape index (κ3) is 1.99. The van der Waals surface area contributed by atoms with Crippen molar-refractivity contribution >= 4 is 32.3 Å². The van der Waals surface area contributed by atoms with Gasteiger partial charge in [0.2, 0.25) is 0 Å². The van der Waals surface area contributed by atoms with Gasteiger partial charge in [0.15, 0.2) is 6.29 Å². The lowest BCUT2D eigenvalue weighted by Crippen LogP contribution is -2.16. The molecule has 110 valence electrons. The van der Waals surface area contributed by atoms with E-state index >= 15 is 0 Å². The molecule has 2 nitrogen and oxygen atoms in total. The molecule has 0 fully saturated rings. The van der Waals surface area contributed by atoms with E-state index in [0.717, 1.165) is 11.1 Å². The maximum Gasteiger partial charge on any atom is 0.196 e. The van der Waals surface area contributed by atoms with Crippen molar-refractivity contribution in [2.45, 2.75) is 20.1 Å². The maximum atomic E-state index is 5.99. The van der Waals surface area contributed by atoms with E-state index in [1.165, 1.54) is 26.9 Å². The third-order valence-electron chi connectivity index (χ3n) is 4.18. The van der Waals surface area contributed by atoms with Gasteiger partial charge in [-0.1, -0.05) is 42.5 Å². The number of ether oxygens (including phenoxy) is 2. The zero-order chi connectivity index (χ0) is 15.1. The Labute approximate surface area is 129 Å². The summed E-state index contributed by atoms with van der Waals surface area (Å²) in [5, 5.41) is 7.52. The first-order chi connectivity index (χ1) is 10.8. The van der Waals surface area contributed by atoms with Crippen LogP contribution in [-0.2, 0) is 4.74 Å². The lowest BCUT2D eigenvalue weighted by Gasteiger charge is -2.18. The van der Waals surface area contributed by atoms with E-state index in [2.05, 4.69) is 48.5 Å². The van der Waals surface area contributed by atoms with Crippen molar-refractivity contribution in [3.63, 3.8) is 0 Å². The molecule has 0 heterocycles. The van der Waals surface area contributed by atoms with Crippen LogP contribution in [0.15, 0.2) is 54.6 Å². The van der Waals surface area contributed by atoms with Crippen LogP contribution in [-0.4, -0.2) is 12.9 Å². The predicted octanol–water partition coefficient (Wildman–Crippen LogP) is 5.35. The average Bonchev–Trinajstić information content (AvgIpc) is 2.54. The zero-order valence-corrected chi connectivity index (χ0v) is 12.8. The fourth-order valence-electron chi connectivity index (χ4n) is 3.26. The van der Waals surface area contributed by atoms with E-state index in [9.17, 15) is 0 Å². The Balaban J connectivity index is 2.00. The lowest BCUT2D eigenvalue weighted by atomic mass is 9.94. The molecule has 0 bridgehead atoms. The minimum atomic E-state index is -0.247. The summed E-state index contributed by atoms with van der Waals surface area (Å²) >= 11 is 0. The van der Waals surface area contributed by atoms with Crippen LogP contribution in [0.5, 0.6) is 5.75 Å². The first-order valence-corrected chi connectivity index (χ1v) is 7.72. The Bertz CT molecular complexity index is 926. The minimum Gasteiger partial charge on any atom is -0.465 e. The Morgan fingerprint density at radius 1 is 0.818 bits per heavy atom. The quantitative estimate of drug-likeness (QED) is 0.373. The van der Waals surface area contributed by atoms with E-state index < -0.39 is 0 Å². The van der Waals surface area contributed by atoms with Gasteiger partial charge >= 0.3 is 0 Å². The van der Waals surface area contributed by atoms with Gasteiger partial charge in [0.1, 0.15) is 5.75 Å². The smallest absolute Gasteiger partial charge is 0.196 e. The molecule has 4 aromatic carbocycles. The van der Waals surface area contributed by atoms with Crippen molar-refractivity contribution in [1.82, 2.24) is 0 Å². The number of benzene rings is 4. The molecule has 4 aromatic rings. The summed E-state index contributed by atoms with van der Waals surface area (Å²) < 4.78 is 11.5.